The monoisotopic (exact) mass is 587 g/mol. The van der Waals surface area contributed by atoms with Gasteiger partial charge in [0.15, 0.2) is 5.16 Å². The first-order valence-electron chi connectivity index (χ1n) is 11.5. The molecule has 0 bridgehead atoms. The zero-order chi connectivity index (χ0) is 26.8. The fraction of sp³-hybridized carbons (Fsp3) is 0.200. The first kappa shape index (κ1) is 26.4. The second-order valence-electron chi connectivity index (χ2n) is 8.45. The zero-order valence-electron chi connectivity index (χ0n) is 19.6. The van der Waals surface area contributed by atoms with Crippen LogP contribution in [-0.4, -0.2) is 32.3 Å². The van der Waals surface area contributed by atoms with Crippen molar-refractivity contribution in [3.05, 3.63) is 89.0 Å². The van der Waals surface area contributed by atoms with Gasteiger partial charge in [0.05, 0.1) is 28.0 Å². The van der Waals surface area contributed by atoms with Crippen molar-refractivity contribution >= 4 is 74.3 Å². The number of benzene rings is 2. The third kappa shape index (κ3) is 5.46. The molecule has 1 aliphatic rings. The van der Waals surface area contributed by atoms with Gasteiger partial charge in [-0.05, 0) is 61.6 Å². The number of carbonyl (C=O) groups is 1. The Morgan fingerprint density at radius 1 is 1.21 bits per heavy atom. The van der Waals surface area contributed by atoms with Crippen LogP contribution in [0.2, 0.25) is 10.0 Å². The van der Waals surface area contributed by atoms with Crippen molar-refractivity contribution < 1.29 is 9.72 Å². The summed E-state index contributed by atoms with van der Waals surface area (Å²) >= 11 is 14.5. The highest BCUT2D eigenvalue weighted by Gasteiger charge is 2.23. The molecule has 0 radical (unpaired) electrons. The lowest BCUT2D eigenvalue weighted by Crippen LogP contribution is -2.24. The molecular formula is C25H19Cl2N5O4S2. The largest absolute Gasteiger partial charge is 0.288 e. The van der Waals surface area contributed by atoms with Crippen molar-refractivity contribution in [2.24, 2.45) is 5.10 Å². The molecule has 2 aromatic carbocycles. The normalized spacial score (nSPS) is 13.1. The maximum Gasteiger partial charge on any atom is 0.288 e. The number of nitro groups is 1. The summed E-state index contributed by atoms with van der Waals surface area (Å²) in [7, 11) is 0. The lowest BCUT2D eigenvalue weighted by atomic mass is 9.97. The van der Waals surface area contributed by atoms with Crippen molar-refractivity contribution in [3.8, 4) is 5.69 Å². The molecule has 13 heteroatoms. The minimum absolute atomic E-state index is 0.00961. The highest BCUT2D eigenvalue weighted by molar-refractivity contribution is 7.99. The van der Waals surface area contributed by atoms with Crippen LogP contribution < -0.4 is 11.0 Å². The fourth-order valence-corrected chi connectivity index (χ4v) is 6.61. The number of nitrogens with one attached hydrogen (secondary N) is 1. The van der Waals surface area contributed by atoms with Crippen LogP contribution in [0.5, 0.6) is 0 Å². The number of nitrogens with zero attached hydrogens (tertiary/aromatic N) is 4. The molecule has 2 aromatic heterocycles. The van der Waals surface area contributed by atoms with Crippen molar-refractivity contribution in [2.75, 3.05) is 5.75 Å². The molecule has 5 rings (SSSR count). The number of fused-ring (bicyclic) bond motifs is 3. The molecule has 0 atom stereocenters. The summed E-state index contributed by atoms with van der Waals surface area (Å²) in [6, 6.07) is 11.1. The van der Waals surface area contributed by atoms with Crippen LogP contribution >= 0.6 is 46.3 Å². The maximum atomic E-state index is 13.7. The number of thiophene rings is 1. The van der Waals surface area contributed by atoms with E-state index in [1.54, 1.807) is 41.7 Å². The highest BCUT2D eigenvalue weighted by Crippen LogP contribution is 2.35. The van der Waals surface area contributed by atoms with E-state index in [9.17, 15) is 19.7 Å². The second-order valence-corrected chi connectivity index (χ2v) is 11.3. The SMILES string of the molecule is O=C(CSc1nc2sc3c(c2c(=O)n1-c1ccc(Cl)cc1)CCCC3)N/N=C/c1ccc(Cl)c([N+](=O)[O-])c1. The topological polar surface area (TPSA) is 119 Å². The molecule has 0 fully saturated rings. The summed E-state index contributed by atoms with van der Waals surface area (Å²) in [6.07, 6.45) is 5.22. The van der Waals surface area contributed by atoms with E-state index in [-0.39, 0.29) is 22.0 Å². The van der Waals surface area contributed by atoms with Gasteiger partial charge < -0.3 is 0 Å². The molecule has 1 amide bonds. The Labute approximate surface area is 234 Å². The molecule has 0 saturated carbocycles. The number of aromatic nitrogens is 2. The van der Waals surface area contributed by atoms with E-state index in [1.165, 1.54) is 27.8 Å². The number of carbonyl (C=O) groups excluding carboxylic acids is 1. The Bertz CT molecular complexity index is 1650. The third-order valence-corrected chi connectivity index (χ3v) is 8.64. The number of halogens is 2. The van der Waals surface area contributed by atoms with Gasteiger partial charge in [0.25, 0.3) is 17.2 Å². The van der Waals surface area contributed by atoms with Crippen molar-refractivity contribution in [1.29, 1.82) is 0 Å². The lowest BCUT2D eigenvalue weighted by Gasteiger charge is -2.13. The van der Waals surface area contributed by atoms with E-state index in [0.717, 1.165) is 43.0 Å². The van der Waals surface area contributed by atoms with Crippen LogP contribution in [0.1, 0.15) is 28.8 Å². The molecule has 194 valence electrons. The molecule has 38 heavy (non-hydrogen) atoms. The van der Waals surface area contributed by atoms with Gasteiger partial charge in [-0.3, -0.25) is 24.3 Å². The van der Waals surface area contributed by atoms with Gasteiger partial charge >= 0.3 is 0 Å². The van der Waals surface area contributed by atoms with Gasteiger partial charge in [-0.2, -0.15) is 5.10 Å². The van der Waals surface area contributed by atoms with Gasteiger partial charge in [0.1, 0.15) is 9.85 Å². The van der Waals surface area contributed by atoms with Gasteiger partial charge in [-0.15, -0.1) is 11.3 Å². The Morgan fingerprint density at radius 3 is 2.74 bits per heavy atom. The first-order valence-corrected chi connectivity index (χ1v) is 14.1. The van der Waals surface area contributed by atoms with Crippen LogP contribution in [0, 0.1) is 10.1 Å². The van der Waals surface area contributed by atoms with Crippen LogP contribution in [-0.2, 0) is 17.6 Å². The van der Waals surface area contributed by atoms with Crippen LogP contribution in [0.25, 0.3) is 15.9 Å². The van der Waals surface area contributed by atoms with Crippen LogP contribution in [0.4, 0.5) is 5.69 Å². The van der Waals surface area contributed by atoms with Crippen molar-refractivity contribution in [1.82, 2.24) is 15.0 Å². The van der Waals surface area contributed by atoms with Gasteiger partial charge in [-0.1, -0.05) is 41.0 Å². The fourth-order valence-electron chi connectivity index (χ4n) is 4.19. The Kier molecular flexibility index (Phi) is 7.80. The molecule has 0 spiro atoms. The average molecular weight is 588 g/mol. The molecule has 1 N–H and O–H groups in total. The van der Waals surface area contributed by atoms with Crippen molar-refractivity contribution in [3.63, 3.8) is 0 Å². The van der Waals surface area contributed by atoms with Gasteiger partial charge in [0.2, 0.25) is 0 Å². The van der Waals surface area contributed by atoms with E-state index < -0.39 is 10.8 Å². The first-order chi connectivity index (χ1) is 18.3. The molecule has 0 unspecified atom stereocenters. The number of hydrogen-bond donors (Lipinski definition) is 1. The molecule has 9 nitrogen and oxygen atoms in total. The summed E-state index contributed by atoms with van der Waals surface area (Å²) in [4.78, 5) is 43.4. The summed E-state index contributed by atoms with van der Waals surface area (Å²) in [6.45, 7) is 0. The minimum atomic E-state index is -0.594. The van der Waals surface area contributed by atoms with E-state index in [1.807, 2.05) is 0 Å². The van der Waals surface area contributed by atoms with Crippen molar-refractivity contribution in [2.45, 2.75) is 30.8 Å². The number of amides is 1. The zero-order valence-corrected chi connectivity index (χ0v) is 22.8. The van der Waals surface area contributed by atoms with E-state index in [2.05, 4.69) is 10.5 Å². The number of rotatable bonds is 7. The number of aryl methyl sites for hydroxylation is 2. The molecule has 0 aliphatic heterocycles. The molecule has 2 heterocycles. The van der Waals surface area contributed by atoms with Crippen LogP contribution in [0.15, 0.2) is 57.5 Å². The van der Waals surface area contributed by atoms with E-state index in [4.69, 9.17) is 28.2 Å². The third-order valence-electron chi connectivity index (χ3n) is 5.95. The van der Waals surface area contributed by atoms with E-state index >= 15 is 0 Å². The average Bonchev–Trinajstić information content (AvgIpc) is 3.28. The van der Waals surface area contributed by atoms with Gasteiger partial charge in [0, 0.05) is 21.5 Å². The second kappa shape index (κ2) is 11.2. The quantitative estimate of drug-likeness (QED) is 0.0961. The summed E-state index contributed by atoms with van der Waals surface area (Å²) in [5, 5.41) is 16.5. The number of hydrazone groups is 1. The standard InChI is InChI=1S/C25H19Cl2N5O4S2/c26-15-6-8-16(9-7-15)31-24(34)22-17-3-1-2-4-20(17)38-23(22)29-25(31)37-13-21(33)30-28-12-14-5-10-18(27)19(11-14)32(35)36/h5-12H,1-4,13H2,(H,30,33)/b28-12+. The predicted molar refractivity (Wildman–Crippen MR) is 151 cm³/mol. The summed E-state index contributed by atoms with van der Waals surface area (Å²) < 4.78 is 1.52. The maximum absolute atomic E-state index is 13.7. The number of hydrogen-bond acceptors (Lipinski definition) is 8. The Hall–Kier alpha value is -3.25. The van der Waals surface area contributed by atoms with Gasteiger partial charge in [-0.25, -0.2) is 10.4 Å². The van der Waals surface area contributed by atoms with Crippen LogP contribution in [0.3, 0.4) is 0 Å². The summed E-state index contributed by atoms with van der Waals surface area (Å²) in [5.41, 5.74) is 4.07. The highest BCUT2D eigenvalue weighted by atomic mass is 35.5. The molecule has 4 aromatic rings. The molecular weight excluding hydrogens is 569 g/mol. The smallest absolute Gasteiger partial charge is 0.272 e. The lowest BCUT2D eigenvalue weighted by molar-refractivity contribution is -0.384. The molecule has 1 aliphatic carbocycles. The Morgan fingerprint density at radius 2 is 1.97 bits per heavy atom. The summed E-state index contributed by atoms with van der Waals surface area (Å²) in [5.74, 6) is -0.494. The molecule has 0 saturated heterocycles. The van der Waals surface area contributed by atoms with E-state index in [0.29, 0.717) is 31.6 Å². The predicted octanol–water partition coefficient (Wildman–Crippen LogP) is 5.78. The minimum Gasteiger partial charge on any atom is -0.272 e. The Balaban J connectivity index is 1.39. The number of thioether (sulfide) groups is 1. The number of nitro benzene ring substituents is 1.